The number of carbonyl (C=O) groups excluding carboxylic acids is 2. The Morgan fingerprint density at radius 2 is 1.78 bits per heavy atom. The van der Waals surface area contributed by atoms with Crippen LogP contribution in [0.25, 0.3) is 0 Å². The van der Waals surface area contributed by atoms with Crippen molar-refractivity contribution in [1.82, 2.24) is 15.4 Å². The molecule has 1 atom stereocenters. The maximum absolute atomic E-state index is 12.4. The molecule has 8 nitrogen and oxygen atoms in total. The number of nitrogens with one attached hydrogen (secondary N) is 3. The van der Waals surface area contributed by atoms with Gasteiger partial charge in [-0.05, 0) is 31.4 Å². The summed E-state index contributed by atoms with van der Waals surface area (Å²) in [5.41, 5.74) is 6.45. The van der Waals surface area contributed by atoms with E-state index in [1.165, 1.54) is 0 Å². The largest absolute Gasteiger partial charge is 0.352 e. The lowest BCUT2D eigenvalue weighted by Crippen LogP contribution is -2.48. The van der Waals surface area contributed by atoms with Crippen molar-refractivity contribution in [3.05, 3.63) is 35.4 Å². The molecule has 0 aromatic heterocycles. The maximum atomic E-state index is 12.4. The van der Waals surface area contributed by atoms with E-state index in [1.807, 2.05) is 6.92 Å². The third kappa shape index (κ3) is 8.87. The van der Waals surface area contributed by atoms with E-state index < -0.39 is 22.1 Å². The Morgan fingerprint density at radius 1 is 1.15 bits per heavy atom. The van der Waals surface area contributed by atoms with E-state index >= 15 is 0 Å². The van der Waals surface area contributed by atoms with Crippen LogP contribution in [0.4, 0.5) is 4.79 Å². The van der Waals surface area contributed by atoms with Crippen molar-refractivity contribution >= 4 is 22.0 Å². The number of sulfonamides is 1. The van der Waals surface area contributed by atoms with Crippen LogP contribution in [-0.4, -0.2) is 32.4 Å². The van der Waals surface area contributed by atoms with Gasteiger partial charge in [0.05, 0.1) is 5.75 Å². The number of benzene rings is 1. The Hall–Kier alpha value is -2.13. The minimum absolute atomic E-state index is 0.162. The normalized spacial score (nSPS) is 12.6. The van der Waals surface area contributed by atoms with Crippen LogP contribution in [0.1, 0.15) is 51.2 Å². The predicted octanol–water partition coefficient (Wildman–Crippen LogP) is 1.36. The summed E-state index contributed by atoms with van der Waals surface area (Å²) >= 11 is 0. The van der Waals surface area contributed by atoms with Gasteiger partial charge >= 0.3 is 6.03 Å². The SMILES string of the molecule is CCCCC(NC(N)=O)C(=O)NCc1ccccc1CS(=O)(=O)NC(C)C. The van der Waals surface area contributed by atoms with Crippen molar-refractivity contribution in [2.45, 2.75) is 64.4 Å². The topological polar surface area (TPSA) is 130 Å². The molecule has 1 rings (SSSR count). The molecule has 0 fully saturated rings. The van der Waals surface area contributed by atoms with Crippen molar-refractivity contribution in [3.8, 4) is 0 Å². The van der Waals surface area contributed by atoms with Crippen molar-refractivity contribution < 1.29 is 18.0 Å². The highest BCUT2D eigenvalue weighted by molar-refractivity contribution is 7.88. The lowest BCUT2D eigenvalue weighted by Gasteiger charge is -2.18. The van der Waals surface area contributed by atoms with Crippen molar-refractivity contribution in [1.29, 1.82) is 0 Å². The van der Waals surface area contributed by atoms with E-state index in [1.54, 1.807) is 38.1 Å². The molecule has 152 valence electrons. The third-order valence-corrected chi connectivity index (χ3v) is 5.33. The number of amides is 3. The summed E-state index contributed by atoms with van der Waals surface area (Å²) in [6.07, 6.45) is 2.14. The van der Waals surface area contributed by atoms with Crippen LogP contribution in [0.5, 0.6) is 0 Å². The number of carbonyl (C=O) groups is 2. The van der Waals surface area contributed by atoms with Crippen molar-refractivity contribution in [2.75, 3.05) is 0 Å². The standard InChI is InChI=1S/C18H30N4O4S/c1-4-5-10-16(21-18(19)24)17(23)20-11-14-8-6-7-9-15(14)12-27(25,26)22-13(2)3/h6-9,13,16,22H,4-5,10-12H2,1-3H3,(H,20,23)(H3,19,21,24). The smallest absolute Gasteiger partial charge is 0.312 e. The van der Waals surface area contributed by atoms with Gasteiger partial charge in [0.25, 0.3) is 0 Å². The van der Waals surface area contributed by atoms with Crippen LogP contribution in [0, 0.1) is 0 Å². The molecule has 0 bridgehead atoms. The second-order valence-electron chi connectivity index (χ2n) is 6.72. The van der Waals surface area contributed by atoms with E-state index in [2.05, 4.69) is 15.4 Å². The first-order chi connectivity index (χ1) is 12.6. The van der Waals surface area contributed by atoms with Crippen LogP contribution in [0.3, 0.4) is 0 Å². The summed E-state index contributed by atoms with van der Waals surface area (Å²) in [6, 6.07) is 5.37. The fourth-order valence-electron chi connectivity index (χ4n) is 2.63. The molecule has 0 saturated heterocycles. The molecule has 0 radical (unpaired) electrons. The second-order valence-corrected chi connectivity index (χ2v) is 8.48. The van der Waals surface area contributed by atoms with Gasteiger partial charge in [-0.3, -0.25) is 4.79 Å². The van der Waals surface area contributed by atoms with Crippen LogP contribution in [-0.2, 0) is 27.1 Å². The Labute approximate surface area is 161 Å². The average Bonchev–Trinajstić information content (AvgIpc) is 2.55. The minimum atomic E-state index is -3.48. The van der Waals surface area contributed by atoms with Crippen LogP contribution in [0.2, 0.25) is 0 Å². The van der Waals surface area contributed by atoms with Gasteiger partial charge in [0.2, 0.25) is 15.9 Å². The summed E-state index contributed by atoms with van der Waals surface area (Å²) in [7, 11) is -3.48. The van der Waals surface area contributed by atoms with Gasteiger partial charge in [0.15, 0.2) is 0 Å². The first-order valence-electron chi connectivity index (χ1n) is 9.05. The maximum Gasteiger partial charge on any atom is 0.312 e. The molecule has 0 heterocycles. The summed E-state index contributed by atoms with van der Waals surface area (Å²) < 4.78 is 26.9. The monoisotopic (exact) mass is 398 g/mol. The molecular weight excluding hydrogens is 368 g/mol. The summed E-state index contributed by atoms with van der Waals surface area (Å²) in [5.74, 6) is -0.518. The Morgan fingerprint density at radius 3 is 2.33 bits per heavy atom. The summed E-state index contributed by atoms with van der Waals surface area (Å²) in [5, 5.41) is 5.20. The first-order valence-corrected chi connectivity index (χ1v) is 10.7. The van der Waals surface area contributed by atoms with Gasteiger partial charge in [-0.15, -0.1) is 0 Å². The zero-order chi connectivity index (χ0) is 20.4. The van der Waals surface area contributed by atoms with E-state index in [0.29, 0.717) is 17.5 Å². The van der Waals surface area contributed by atoms with Crippen LogP contribution in [0.15, 0.2) is 24.3 Å². The van der Waals surface area contributed by atoms with Crippen LogP contribution < -0.4 is 21.1 Å². The lowest BCUT2D eigenvalue weighted by molar-refractivity contribution is -0.123. The van der Waals surface area contributed by atoms with Crippen molar-refractivity contribution in [3.63, 3.8) is 0 Å². The number of hydrogen-bond acceptors (Lipinski definition) is 4. The zero-order valence-corrected chi connectivity index (χ0v) is 16.9. The minimum Gasteiger partial charge on any atom is -0.352 e. The quantitative estimate of drug-likeness (QED) is 0.448. The fourth-order valence-corrected chi connectivity index (χ4v) is 4.12. The molecular formula is C18H30N4O4S. The number of nitrogens with two attached hydrogens (primary N) is 1. The van der Waals surface area contributed by atoms with E-state index in [0.717, 1.165) is 12.8 Å². The predicted molar refractivity (Wildman–Crippen MR) is 105 cm³/mol. The highest BCUT2D eigenvalue weighted by atomic mass is 32.2. The van der Waals surface area contributed by atoms with Gasteiger partial charge in [-0.25, -0.2) is 17.9 Å². The highest BCUT2D eigenvalue weighted by Crippen LogP contribution is 2.13. The number of urea groups is 1. The third-order valence-electron chi connectivity index (χ3n) is 3.81. The second kappa shape index (κ2) is 10.9. The van der Waals surface area contributed by atoms with Crippen LogP contribution >= 0.6 is 0 Å². The Balaban J connectivity index is 2.81. The molecule has 1 aromatic rings. The Bertz CT molecular complexity index is 735. The number of hydrogen-bond donors (Lipinski definition) is 4. The molecule has 0 aliphatic heterocycles. The molecule has 0 aliphatic rings. The van der Waals surface area contributed by atoms with Gasteiger partial charge in [-0.1, -0.05) is 44.0 Å². The van der Waals surface area contributed by atoms with E-state index in [4.69, 9.17) is 5.73 Å². The Kier molecular flexibility index (Phi) is 9.23. The average molecular weight is 399 g/mol. The molecule has 1 aromatic carbocycles. The molecule has 9 heteroatoms. The molecule has 1 unspecified atom stereocenters. The number of primary amides is 1. The van der Waals surface area contributed by atoms with E-state index in [9.17, 15) is 18.0 Å². The van der Waals surface area contributed by atoms with E-state index in [-0.39, 0.29) is 24.2 Å². The molecule has 0 saturated carbocycles. The van der Waals surface area contributed by atoms with Gasteiger partial charge in [0.1, 0.15) is 6.04 Å². The van der Waals surface area contributed by atoms with Crippen molar-refractivity contribution in [2.24, 2.45) is 5.73 Å². The molecule has 3 amide bonds. The summed E-state index contributed by atoms with van der Waals surface area (Å²) in [4.78, 5) is 23.5. The van der Waals surface area contributed by atoms with Gasteiger partial charge < -0.3 is 16.4 Å². The molecule has 5 N–H and O–H groups in total. The van der Waals surface area contributed by atoms with Gasteiger partial charge in [0, 0.05) is 12.6 Å². The molecule has 0 aliphatic carbocycles. The molecule has 27 heavy (non-hydrogen) atoms. The highest BCUT2D eigenvalue weighted by Gasteiger charge is 2.20. The van der Waals surface area contributed by atoms with Gasteiger partial charge in [-0.2, -0.15) is 0 Å². The first kappa shape index (κ1) is 22.9. The zero-order valence-electron chi connectivity index (χ0n) is 16.1. The summed E-state index contributed by atoms with van der Waals surface area (Å²) in [6.45, 7) is 5.66. The lowest BCUT2D eigenvalue weighted by atomic mass is 10.1. The fraction of sp³-hybridized carbons (Fsp3) is 0.556. The molecule has 0 spiro atoms. The number of rotatable bonds is 11. The number of unbranched alkanes of at least 4 members (excludes halogenated alkanes) is 1.